The molecule has 0 spiro atoms. The van der Waals surface area contributed by atoms with Gasteiger partial charge in [0.2, 0.25) is 0 Å². The zero-order valence-corrected chi connectivity index (χ0v) is 14.1. The number of nitrogens with zero attached hydrogens (tertiary/aromatic N) is 3. The highest BCUT2D eigenvalue weighted by Crippen LogP contribution is 2.05. The van der Waals surface area contributed by atoms with Crippen molar-refractivity contribution >= 4 is 17.5 Å². The number of amides is 2. The maximum Gasteiger partial charge on any atom is 0.313 e. The van der Waals surface area contributed by atoms with Crippen LogP contribution in [0.1, 0.15) is 11.4 Å². The van der Waals surface area contributed by atoms with E-state index in [2.05, 4.69) is 33.0 Å². The lowest BCUT2D eigenvalue weighted by molar-refractivity contribution is -0.136. The summed E-state index contributed by atoms with van der Waals surface area (Å²) in [6.45, 7) is 0.828. The molecule has 0 aliphatic heterocycles. The van der Waals surface area contributed by atoms with Gasteiger partial charge in [-0.3, -0.25) is 9.59 Å². The van der Waals surface area contributed by atoms with E-state index >= 15 is 0 Å². The van der Waals surface area contributed by atoms with E-state index in [1.54, 1.807) is 30.6 Å². The van der Waals surface area contributed by atoms with E-state index in [0.717, 1.165) is 6.42 Å². The van der Waals surface area contributed by atoms with E-state index in [1.165, 1.54) is 5.56 Å². The fraction of sp³-hybridized carbons (Fsp3) is 0.158. The zero-order valence-electron chi connectivity index (χ0n) is 14.1. The molecule has 3 rings (SSSR count). The van der Waals surface area contributed by atoms with E-state index in [0.29, 0.717) is 18.1 Å². The van der Waals surface area contributed by atoms with Crippen LogP contribution in [0.5, 0.6) is 0 Å². The maximum atomic E-state index is 12.0. The second kappa shape index (κ2) is 8.57. The minimum atomic E-state index is -0.716. The second-order valence-corrected chi connectivity index (χ2v) is 5.68. The van der Waals surface area contributed by atoms with Crippen LogP contribution in [-0.2, 0) is 29.1 Å². The van der Waals surface area contributed by atoms with Gasteiger partial charge in [-0.05, 0) is 24.1 Å². The molecule has 0 bridgehead atoms. The van der Waals surface area contributed by atoms with Gasteiger partial charge in [-0.1, -0.05) is 48.5 Å². The van der Waals surface area contributed by atoms with E-state index in [9.17, 15) is 9.59 Å². The van der Waals surface area contributed by atoms with Gasteiger partial charge in [0.1, 0.15) is 6.33 Å². The smallest absolute Gasteiger partial charge is 0.313 e. The maximum absolute atomic E-state index is 12.0. The minimum absolute atomic E-state index is 0.135. The zero-order chi connectivity index (χ0) is 18.2. The first kappa shape index (κ1) is 17.3. The van der Waals surface area contributed by atoms with Crippen molar-refractivity contribution in [3.05, 3.63) is 78.4 Å². The molecule has 2 amide bonds. The first-order chi connectivity index (χ1) is 12.7. The normalized spacial score (nSPS) is 10.3. The van der Waals surface area contributed by atoms with Gasteiger partial charge >= 0.3 is 11.8 Å². The van der Waals surface area contributed by atoms with Crippen LogP contribution < -0.4 is 10.6 Å². The van der Waals surface area contributed by atoms with Gasteiger partial charge in [-0.15, -0.1) is 10.2 Å². The fourth-order valence-corrected chi connectivity index (χ4v) is 2.45. The lowest BCUT2D eigenvalue weighted by atomic mass is 10.1. The predicted molar refractivity (Wildman–Crippen MR) is 97.1 cm³/mol. The Balaban J connectivity index is 1.51. The van der Waals surface area contributed by atoms with Crippen molar-refractivity contribution in [3.63, 3.8) is 0 Å². The molecule has 0 saturated carbocycles. The molecule has 2 aromatic carbocycles. The van der Waals surface area contributed by atoms with E-state index < -0.39 is 11.8 Å². The standard InChI is InChI=1S/C19H19N5O2/c25-18(19(26)22-16-9-5-2-6-10-16)20-13-17-23-21-14-24(17)12-11-15-7-3-1-4-8-15/h1-10,14H,11-13H2,(H,20,25)(H,22,26). The third-order valence-electron chi connectivity index (χ3n) is 3.82. The predicted octanol–water partition coefficient (Wildman–Crippen LogP) is 1.78. The molecule has 3 aromatic rings. The van der Waals surface area contributed by atoms with Gasteiger partial charge in [0, 0.05) is 12.2 Å². The highest BCUT2D eigenvalue weighted by atomic mass is 16.2. The molecule has 26 heavy (non-hydrogen) atoms. The Morgan fingerprint density at radius 1 is 0.923 bits per heavy atom. The van der Waals surface area contributed by atoms with Gasteiger partial charge in [0.25, 0.3) is 0 Å². The summed E-state index contributed by atoms with van der Waals surface area (Å²) >= 11 is 0. The van der Waals surface area contributed by atoms with Crippen molar-refractivity contribution in [2.75, 3.05) is 5.32 Å². The number of rotatable bonds is 6. The first-order valence-electron chi connectivity index (χ1n) is 8.27. The van der Waals surface area contributed by atoms with Gasteiger partial charge in [0.15, 0.2) is 5.82 Å². The van der Waals surface area contributed by atoms with Crippen LogP contribution in [0.15, 0.2) is 67.0 Å². The van der Waals surface area contributed by atoms with Gasteiger partial charge in [-0.2, -0.15) is 0 Å². The molecule has 132 valence electrons. The highest BCUT2D eigenvalue weighted by molar-refractivity contribution is 6.39. The fourth-order valence-electron chi connectivity index (χ4n) is 2.45. The van der Waals surface area contributed by atoms with Crippen LogP contribution in [0.3, 0.4) is 0 Å². The van der Waals surface area contributed by atoms with Crippen molar-refractivity contribution in [3.8, 4) is 0 Å². The average molecular weight is 349 g/mol. The summed E-state index contributed by atoms with van der Waals surface area (Å²) in [5.41, 5.74) is 1.78. The Labute approximate surface area is 151 Å². The van der Waals surface area contributed by atoms with Crippen LogP contribution in [0.2, 0.25) is 0 Å². The van der Waals surface area contributed by atoms with Gasteiger partial charge in [-0.25, -0.2) is 0 Å². The third-order valence-corrected chi connectivity index (χ3v) is 3.82. The van der Waals surface area contributed by atoms with Crippen molar-refractivity contribution < 1.29 is 9.59 Å². The topological polar surface area (TPSA) is 88.9 Å². The highest BCUT2D eigenvalue weighted by Gasteiger charge is 2.14. The van der Waals surface area contributed by atoms with Crippen LogP contribution >= 0.6 is 0 Å². The molecule has 1 aromatic heterocycles. The summed E-state index contributed by atoms with van der Waals surface area (Å²) in [6, 6.07) is 18.9. The summed E-state index contributed by atoms with van der Waals surface area (Å²) in [7, 11) is 0. The molecule has 1 heterocycles. The van der Waals surface area contributed by atoms with Crippen LogP contribution in [0, 0.1) is 0 Å². The summed E-state index contributed by atoms with van der Waals surface area (Å²) in [6.07, 6.45) is 2.45. The number of aromatic nitrogens is 3. The molecule has 0 atom stereocenters. The summed E-state index contributed by atoms with van der Waals surface area (Å²) in [4.78, 5) is 23.9. The van der Waals surface area contributed by atoms with Crippen molar-refractivity contribution in [2.45, 2.75) is 19.5 Å². The number of hydrogen-bond donors (Lipinski definition) is 2. The molecule has 0 aliphatic carbocycles. The number of nitrogens with one attached hydrogen (secondary N) is 2. The van der Waals surface area contributed by atoms with Crippen LogP contribution in [0.4, 0.5) is 5.69 Å². The van der Waals surface area contributed by atoms with Gasteiger partial charge in [0.05, 0.1) is 6.54 Å². The number of carbonyl (C=O) groups excluding carboxylic acids is 2. The largest absolute Gasteiger partial charge is 0.341 e. The summed E-state index contributed by atoms with van der Waals surface area (Å²) < 4.78 is 1.86. The number of aryl methyl sites for hydroxylation is 2. The Kier molecular flexibility index (Phi) is 5.72. The number of benzene rings is 2. The Morgan fingerprint density at radius 2 is 1.62 bits per heavy atom. The molecule has 7 nitrogen and oxygen atoms in total. The van der Waals surface area contributed by atoms with Gasteiger partial charge < -0.3 is 15.2 Å². The molecular weight excluding hydrogens is 330 g/mol. The van der Waals surface area contributed by atoms with E-state index in [4.69, 9.17) is 0 Å². The molecule has 7 heteroatoms. The Bertz CT molecular complexity index is 862. The lowest BCUT2D eigenvalue weighted by Gasteiger charge is -2.08. The molecule has 0 radical (unpaired) electrons. The van der Waals surface area contributed by atoms with E-state index in [1.807, 2.05) is 28.8 Å². The molecule has 0 saturated heterocycles. The Hall–Kier alpha value is -3.48. The number of para-hydroxylation sites is 1. The van der Waals surface area contributed by atoms with Crippen molar-refractivity contribution in [1.82, 2.24) is 20.1 Å². The Morgan fingerprint density at radius 3 is 2.35 bits per heavy atom. The first-order valence-corrected chi connectivity index (χ1v) is 8.27. The molecule has 2 N–H and O–H groups in total. The second-order valence-electron chi connectivity index (χ2n) is 5.68. The molecule has 0 fully saturated rings. The van der Waals surface area contributed by atoms with Crippen LogP contribution in [0.25, 0.3) is 0 Å². The number of hydrogen-bond acceptors (Lipinski definition) is 4. The van der Waals surface area contributed by atoms with Crippen molar-refractivity contribution in [1.29, 1.82) is 0 Å². The summed E-state index contributed by atoms with van der Waals surface area (Å²) in [5, 5.41) is 13.0. The average Bonchev–Trinajstić information content (AvgIpc) is 3.13. The monoisotopic (exact) mass is 349 g/mol. The van der Waals surface area contributed by atoms with Crippen molar-refractivity contribution in [2.24, 2.45) is 0 Å². The van der Waals surface area contributed by atoms with E-state index in [-0.39, 0.29) is 6.54 Å². The number of carbonyl (C=O) groups is 2. The SMILES string of the molecule is O=C(NCc1nncn1CCc1ccccc1)C(=O)Nc1ccccc1. The quantitative estimate of drug-likeness (QED) is 0.664. The molecule has 0 aliphatic rings. The molecular formula is C19H19N5O2. The molecule has 0 unspecified atom stereocenters. The van der Waals surface area contributed by atoms with Crippen LogP contribution in [-0.4, -0.2) is 26.6 Å². The minimum Gasteiger partial charge on any atom is -0.341 e. The number of anilines is 1. The summed E-state index contributed by atoms with van der Waals surface area (Å²) in [5.74, 6) is -0.834. The lowest BCUT2D eigenvalue weighted by Crippen LogP contribution is -2.35. The third kappa shape index (κ3) is 4.76.